The van der Waals surface area contributed by atoms with E-state index < -0.39 is 5.54 Å². The molecule has 1 fully saturated rings. The summed E-state index contributed by atoms with van der Waals surface area (Å²) in [5.74, 6) is 0.411. The van der Waals surface area contributed by atoms with E-state index in [4.69, 9.17) is 5.73 Å². The van der Waals surface area contributed by atoms with Gasteiger partial charge in [0, 0.05) is 11.3 Å². The third-order valence-corrected chi connectivity index (χ3v) is 4.27. The van der Waals surface area contributed by atoms with Gasteiger partial charge in [-0.2, -0.15) is 0 Å². The number of amides is 1. The maximum Gasteiger partial charge on any atom is 0.252 e. The summed E-state index contributed by atoms with van der Waals surface area (Å²) in [7, 11) is 0. The van der Waals surface area contributed by atoms with E-state index in [1.54, 1.807) is 18.2 Å². The van der Waals surface area contributed by atoms with Crippen LogP contribution in [-0.2, 0) is 0 Å². The standard InChI is InChI=1S/C16H24N2O2/c1-11-4-3-7-16(9-11,10-19)18-15(20)14-6-5-13(17)8-12(14)2/h5-6,8,11,19H,3-4,7,9-10,17H2,1-2H3,(H,18,20). The van der Waals surface area contributed by atoms with Crippen LogP contribution in [0.25, 0.3) is 0 Å². The highest BCUT2D eigenvalue weighted by Gasteiger charge is 2.36. The lowest BCUT2D eigenvalue weighted by atomic mass is 9.76. The Labute approximate surface area is 120 Å². The number of benzene rings is 1. The van der Waals surface area contributed by atoms with Crippen LogP contribution in [0, 0.1) is 12.8 Å². The minimum Gasteiger partial charge on any atom is -0.399 e. The minimum absolute atomic E-state index is 0.00288. The number of carbonyl (C=O) groups excluding carboxylic acids is 1. The van der Waals surface area contributed by atoms with E-state index in [2.05, 4.69) is 12.2 Å². The monoisotopic (exact) mass is 276 g/mol. The van der Waals surface area contributed by atoms with Crippen LogP contribution in [0.5, 0.6) is 0 Å². The van der Waals surface area contributed by atoms with Crippen LogP contribution in [0.4, 0.5) is 5.69 Å². The summed E-state index contributed by atoms with van der Waals surface area (Å²) in [5, 5.41) is 12.8. The van der Waals surface area contributed by atoms with Crippen LogP contribution in [-0.4, -0.2) is 23.2 Å². The summed E-state index contributed by atoms with van der Waals surface area (Å²) < 4.78 is 0. The largest absolute Gasteiger partial charge is 0.399 e. The van der Waals surface area contributed by atoms with Gasteiger partial charge in [-0.1, -0.05) is 19.8 Å². The van der Waals surface area contributed by atoms with Gasteiger partial charge in [0.2, 0.25) is 0 Å². The number of aliphatic hydroxyl groups excluding tert-OH is 1. The molecule has 0 saturated heterocycles. The number of anilines is 1. The lowest BCUT2D eigenvalue weighted by Gasteiger charge is -2.39. The highest BCUT2D eigenvalue weighted by Crippen LogP contribution is 2.32. The number of hydrogen-bond donors (Lipinski definition) is 3. The Kier molecular flexibility index (Phi) is 4.33. The van der Waals surface area contributed by atoms with Gasteiger partial charge in [0.05, 0.1) is 12.1 Å². The van der Waals surface area contributed by atoms with E-state index in [1.807, 2.05) is 6.92 Å². The van der Waals surface area contributed by atoms with Gasteiger partial charge in [-0.25, -0.2) is 0 Å². The van der Waals surface area contributed by atoms with Crippen molar-refractivity contribution < 1.29 is 9.90 Å². The maximum atomic E-state index is 12.5. The number of carbonyl (C=O) groups is 1. The molecule has 2 atom stereocenters. The van der Waals surface area contributed by atoms with E-state index in [0.717, 1.165) is 24.8 Å². The summed E-state index contributed by atoms with van der Waals surface area (Å²) in [4.78, 5) is 12.5. The Morgan fingerprint density at radius 2 is 2.30 bits per heavy atom. The van der Waals surface area contributed by atoms with Gasteiger partial charge in [0.25, 0.3) is 5.91 Å². The molecule has 2 rings (SSSR count). The molecule has 0 aromatic heterocycles. The molecule has 4 nitrogen and oxygen atoms in total. The van der Waals surface area contributed by atoms with E-state index in [9.17, 15) is 9.90 Å². The third kappa shape index (κ3) is 3.12. The summed E-state index contributed by atoms with van der Waals surface area (Å²) in [5.41, 5.74) is 7.39. The number of nitrogens with two attached hydrogens (primary N) is 1. The van der Waals surface area contributed by atoms with Gasteiger partial charge < -0.3 is 16.2 Å². The molecule has 1 aliphatic rings. The van der Waals surface area contributed by atoms with Crippen LogP contribution in [0.15, 0.2) is 18.2 Å². The summed E-state index contributed by atoms with van der Waals surface area (Å²) >= 11 is 0. The van der Waals surface area contributed by atoms with E-state index in [0.29, 0.717) is 17.2 Å². The van der Waals surface area contributed by atoms with Crippen molar-refractivity contribution in [3.63, 3.8) is 0 Å². The Bertz CT molecular complexity index is 501. The van der Waals surface area contributed by atoms with Gasteiger partial charge in [0.1, 0.15) is 0 Å². The molecule has 1 aliphatic carbocycles. The van der Waals surface area contributed by atoms with Crippen LogP contribution < -0.4 is 11.1 Å². The highest BCUT2D eigenvalue weighted by atomic mass is 16.3. The average molecular weight is 276 g/mol. The SMILES string of the molecule is Cc1cc(N)ccc1C(=O)NC1(CO)CCCC(C)C1. The first-order chi connectivity index (χ1) is 9.46. The van der Waals surface area contributed by atoms with Crippen molar-refractivity contribution >= 4 is 11.6 Å². The van der Waals surface area contributed by atoms with Crippen molar-refractivity contribution in [1.29, 1.82) is 0 Å². The minimum atomic E-state index is -0.470. The number of nitrogen functional groups attached to an aromatic ring is 1. The molecular weight excluding hydrogens is 252 g/mol. The fraction of sp³-hybridized carbons (Fsp3) is 0.562. The molecule has 0 radical (unpaired) electrons. The normalized spacial score (nSPS) is 26.2. The second-order valence-corrected chi connectivity index (χ2v) is 6.17. The van der Waals surface area contributed by atoms with Crippen molar-refractivity contribution in [2.45, 2.75) is 45.1 Å². The Morgan fingerprint density at radius 1 is 1.55 bits per heavy atom. The van der Waals surface area contributed by atoms with Crippen molar-refractivity contribution in [3.05, 3.63) is 29.3 Å². The summed E-state index contributed by atoms with van der Waals surface area (Å²) in [6.45, 7) is 4.04. The molecule has 4 heteroatoms. The fourth-order valence-electron chi connectivity index (χ4n) is 3.21. The van der Waals surface area contributed by atoms with Crippen molar-refractivity contribution in [3.8, 4) is 0 Å². The third-order valence-electron chi connectivity index (χ3n) is 4.27. The van der Waals surface area contributed by atoms with Gasteiger partial charge in [-0.05, 0) is 49.4 Å². The van der Waals surface area contributed by atoms with Crippen molar-refractivity contribution in [2.75, 3.05) is 12.3 Å². The second kappa shape index (κ2) is 5.83. The number of nitrogens with one attached hydrogen (secondary N) is 1. The van der Waals surface area contributed by atoms with Gasteiger partial charge in [-0.3, -0.25) is 4.79 Å². The zero-order chi connectivity index (χ0) is 14.8. The molecule has 4 N–H and O–H groups in total. The van der Waals surface area contributed by atoms with E-state index >= 15 is 0 Å². The molecule has 110 valence electrons. The quantitative estimate of drug-likeness (QED) is 0.741. The Hall–Kier alpha value is -1.55. The summed E-state index contributed by atoms with van der Waals surface area (Å²) in [6, 6.07) is 5.28. The lowest BCUT2D eigenvalue weighted by molar-refractivity contribution is 0.0696. The predicted octanol–water partition coefficient (Wildman–Crippen LogP) is 2.25. The molecule has 0 heterocycles. The molecule has 1 amide bonds. The molecule has 2 unspecified atom stereocenters. The average Bonchev–Trinajstić information content (AvgIpc) is 2.38. The smallest absolute Gasteiger partial charge is 0.252 e. The molecule has 20 heavy (non-hydrogen) atoms. The molecule has 1 aromatic carbocycles. The number of aliphatic hydroxyl groups is 1. The Balaban J connectivity index is 2.16. The number of rotatable bonds is 3. The lowest BCUT2D eigenvalue weighted by Crippen LogP contribution is -2.54. The van der Waals surface area contributed by atoms with Crippen LogP contribution >= 0.6 is 0 Å². The molecule has 1 saturated carbocycles. The molecule has 0 bridgehead atoms. The van der Waals surface area contributed by atoms with Crippen LogP contribution in [0.3, 0.4) is 0 Å². The molecule has 1 aromatic rings. The van der Waals surface area contributed by atoms with Crippen molar-refractivity contribution in [1.82, 2.24) is 5.32 Å². The maximum absolute atomic E-state index is 12.5. The number of hydrogen-bond acceptors (Lipinski definition) is 3. The first-order valence-electron chi connectivity index (χ1n) is 7.25. The first-order valence-corrected chi connectivity index (χ1v) is 7.25. The van der Waals surface area contributed by atoms with Gasteiger partial charge in [0.15, 0.2) is 0 Å². The molecule has 0 spiro atoms. The molecular formula is C16H24N2O2. The fourth-order valence-corrected chi connectivity index (χ4v) is 3.21. The molecule has 0 aliphatic heterocycles. The van der Waals surface area contributed by atoms with Crippen LogP contribution in [0.1, 0.15) is 48.5 Å². The summed E-state index contributed by atoms with van der Waals surface area (Å²) in [6.07, 6.45) is 3.89. The zero-order valence-electron chi connectivity index (χ0n) is 12.3. The van der Waals surface area contributed by atoms with E-state index in [-0.39, 0.29) is 12.5 Å². The Morgan fingerprint density at radius 3 is 2.90 bits per heavy atom. The number of aryl methyl sites for hydroxylation is 1. The first kappa shape index (κ1) is 14.9. The van der Waals surface area contributed by atoms with Gasteiger partial charge in [-0.15, -0.1) is 0 Å². The zero-order valence-corrected chi connectivity index (χ0v) is 12.3. The van der Waals surface area contributed by atoms with Crippen molar-refractivity contribution in [2.24, 2.45) is 5.92 Å². The van der Waals surface area contributed by atoms with E-state index in [1.165, 1.54) is 6.42 Å². The predicted molar refractivity (Wildman–Crippen MR) is 80.5 cm³/mol. The second-order valence-electron chi connectivity index (χ2n) is 6.17. The van der Waals surface area contributed by atoms with Crippen LogP contribution in [0.2, 0.25) is 0 Å². The highest BCUT2D eigenvalue weighted by molar-refractivity contribution is 5.96. The topological polar surface area (TPSA) is 75.4 Å². The van der Waals surface area contributed by atoms with Gasteiger partial charge >= 0.3 is 0 Å².